The molecule has 1 unspecified atom stereocenters. The van der Waals surface area contributed by atoms with E-state index >= 15 is 0 Å². The first-order chi connectivity index (χ1) is 13.7. The Balaban J connectivity index is 1.61. The van der Waals surface area contributed by atoms with E-state index in [-0.39, 0.29) is 12.3 Å². The number of thiophene rings is 1. The monoisotopic (exact) mass is 412 g/mol. The summed E-state index contributed by atoms with van der Waals surface area (Å²) in [5.74, 6) is 0.493. The van der Waals surface area contributed by atoms with Crippen LogP contribution in [0.25, 0.3) is 5.82 Å². The number of carbonyl (C=O) groups is 3. The highest BCUT2D eigenvalue weighted by atomic mass is 32.1. The predicted molar refractivity (Wildman–Crippen MR) is 106 cm³/mol. The van der Waals surface area contributed by atoms with E-state index < -0.39 is 17.5 Å². The van der Waals surface area contributed by atoms with Gasteiger partial charge in [-0.15, -0.1) is 11.3 Å². The molecule has 8 nitrogen and oxygen atoms in total. The van der Waals surface area contributed by atoms with Crippen LogP contribution in [0.4, 0.5) is 4.79 Å². The Morgan fingerprint density at radius 2 is 2.03 bits per heavy atom. The van der Waals surface area contributed by atoms with E-state index in [4.69, 9.17) is 4.52 Å². The minimum absolute atomic E-state index is 0.316. The van der Waals surface area contributed by atoms with Crippen LogP contribution in [0.3, 0.4) is 0 Å². The lowest BCUT2D eigenvalue weighted by atomic mass is 10.0. The summed E-state index contributed by atoms with van der Waals surface area (Å²) < 4.78 is 6.94. The number of nitrogens with one attached hydrogen (secondary N) is 1. The molecule has 1 aliphatic rings. The van der Waals surface area contributed by atoms with Gasteiger partial charge in [-0.2, -0.15) is 0 Å². The third-order valence-electron chi connectivity index (χ3n) is 5.17. The number of amides is 3. The first-order valence-electron chi connectivity index (χ1n) is 9.06. The third-order valence-corrected chi connectivity index (χ3v) is 6.26. The van der Waals surface area contributed by atoms with Crippen LogP contribution in [-0.2, 0) is 10.3 Å². The van der Waals surface area contributed by atoms with E-state index in [2.05, 4.69) is 10.5 Å². The molecular formula is C20H20N4O4S. The molecule has 0 radical (unpaired) electrons. The molecule has 9 heteroatoms. The maximum absolute atomic E-state index is 13.0. The fourth-order valence-corrected chi connectivity index (χ4v) is 4.49. The lowest BCUT2D eigenvalue weighted by Crippen LogP contribution is -2.40. The number of Topliss-reactive ketones (excluding diaryl/α,β-unsaturated/α-hetero) is 1. The lowest BCUT2D eigenvalue weighted by molar-refractivity contribution is -0.130. The van der Waals surface area contributed by atoms with Crippen molar-refractivity contribution in [2.75, 3.05) is 6.54 Å². The topological polar surface area (TPSA) is 97.4 Å². The van der Waals surface area contributed by atoms with Gasteiger partial charge in [-0.1, -0.05) is 11.2 Å². The van der Waals surface area contributed by atoms with Gasteiger partial charge >= 0.3 is 6.03 Å². The quantitative estimate of drug-likeness (QED) is 0.513. The number of aromatic nitrogens is 2. The number of hydrogen-bond donors (Lipinski definition) is 1. The Morgan fingerprint density at radius 3 is 2.66 bits per heavy atom. The number of ketones is 1. The molecule has 0 spiro atoms. The van der Waals surface area contributed by atoms with Gasteiger partial charge in [0, 0.05) is 27.9 Å². The molecule has 3 amide bonds. The van der Waals surface area contributed by atoms with Crippen LogP contribution in [0.1, 0.15) is 39.3 Å². The van der Waals surface area contributed by atoms with Crippen molar-refractivity contribution >= 4 is 29.1 Å². The summed E-state index contributed by atoms with van der Waals surface area (Å²) in [7, 11) is 0. The number of hydrogen-bond acceptors (Lipinski definition) is 6. The molecule has 4 rings (SSSR count). The summed E-state index contributed by atoms with van der Waals surface area (Å²) in [5.41, 5.74) is 0.767. The van der Waals surface area contributed by atoms with Gasteiger partial charge in [-0.05, 0) is 45.2 Å². The van der Waals surface area contributed by atoms with Crippen molar-refractivity contribution in [3.05, 3.63) is 57.2 Å². The number of imide groups is 1. The van der Waals surface area contributed by atoms with Crippen molar-refractivity contribution in [3.63, 3.8) is 0 Å². The van der Waals surface area contributed by atoms with Gasteiger partial charge < -0.3 is 9.84 Å². The summed E-state index contributed by atoms with van der Waals surface area (Å²) in [5, 5.41) is 8.56. The highest BCUT2D eigenvalue weighted by Crippen LogP contribution is 2.32. The first kappa shape index (κ1) is 19.1. The smallest absolute Gasteiger partial charge is 0.325 e. The zero-order valence-corrected chi connectivity index (χ0v) is 17.3. The second kappa shape index (κ2) is 6.70. The summed E-state index contributed by atoms with van der Waals surface area (Å²) >= 11 is 1.38. The molecule has 1 aliphatic heterocycles. The molecule has 3 aromatic heterocycles. The molecule has 29 heavy (non-hydrogen) atoms. The van der Waals surface area contributed by atoms with Crippen LogP contribution in [0.2, 0.25) is 0 Å². The van der Waals surface area contributed by atoms with E-state index in [1.54, 1.807) is 39.0 Å². The Bertz CT molecular complexity index is 1130. The normalized spacial score (nSPS) is 19.1. The molecule has 0 saturated carbocycles. The van der Waals surface area contributed by atoms with Crippen LogP contribution in [0.5, 0.6) is 0 Å². The van der Waals surface area contributed by atoms with E-state index in [1.165, 1.54) is 11.3 Å². The maximum Gasteiger partial charge on any atom is 0.325 e. The van der Waals surface area contributed by atoms with Crippen molar-refractivity contribution in [1.82, 2.24) is 19.9 Å². The summed E-state index contributed by atoms with van der Waals surface area (Å²) in [6, 6.07) is 6.55. The summed E-state index contributed by atoms with van der Waals surface area (Å²) in [6.07, 6.45) is 0. The Labute approximate surface area is 171 Å². The molecule has 1 fully saturated rings. The van der Waals surface area contributed by atoms with Crippen LogP contribution in [-0.4, -0.2) is 38.9 Å². The second-order valence-electron chi connectivity index (χ2n) is 7.26. The maximum atomic E-state index is 13.0. The third kappa shape index (κ3) is 2.98. The molecule has 3 aromatic rings. The molecule has 0 aromatic carbocycles. The molecule has 150 valence electrons. The van der Waals surface area contributed by atoms with Crippen LogP contribution in [0.15, 0.2) is 34.2 Å². The van der Waals surface area contributed by atoms with Gasteiger partial charge in [-0.25, -0.2) is 4.79 Å². The minimum atomic E-state index is -1.15. The number of nitrogens with zero attached hydrogens (tertiary/aromatic N) is 3. The largest absolute Gasteiger partial charge is 0.360 e. The van der Waals surface area contributed by atoms with Gasteiger partial charge in [0.1, 0.15) is 5.76 Å². The molecule has 0 aliphatic carbocycles. The Kier molecular flexibility index (Phi) is 4.42. The number of rotatable bonds is 5. The number of carbonyl (C=O) groups excluding carboxylic acids is 3. The zero-order valence-electron chi connectivity index (χ0n) is 16.5. The van der Waals surface area contributed by atoms with Crippen molar-refractivity contribution in [1.29, 1.82) is 0 Å². The fourth-order valence-electron chi connectivity index (χ4n) is 3.66. The fraction of sp³-hybridized carbons (Fsp3) is 0.300. The lowest BCUT2D eigenvalue weighted by Gasteiger charge is -2.19. The van der Waals surface area contributed by atoms with E-state index in [9.17, 15) is 14.4 Å². The molecule has 1 saturated heterocycles. The van der Waals surface area contributed by atoms with Gasteiger partial charge in [0.25, 0.3) is 5.91 Å². The Morgan fingerprint density at radius 1 is 1.28 bits per heavy atom. The SMILES string of the molecule is Cc1cc(-n2c(C)cc(C(=O)CN3C(=O)NC(C)(c4cccs4)C3=O)c2C)no1. The summed E-state index contributed by atoms with van der Waals surface area (Å²) in [6.45, 7) is 6.77. The van der Waals surface area contributed by atoms with Crippen LogP contribution >= 0.6 is 11.3 Å². The average molecular weight is 412 g/mol. The highest BCUT2D eigenvalue weighted by molar-refractivity contribution is 7.10. The molecule has 1 N–H and O–H groups in total. The van der Waals surface area contributed by atoms with Crippen LogP contribution in [0, 0.1) is 20.8 Å². The van der Waals surface area contributed by atoms with Gasteiger partial charge in [0.2, 0.25) is 0 Å². The van der Waals surface area contributed by atoms with Crippen molar-refractivity contribution in [2.45, 2.75) is 33.2 Å². The van der Waals surface area contributed by atoms with E-state index in [0.29, 0.717) is 22.8 Å². The van der Waals surface area contributed by atoms with Gasteiger partial charge in [0.05, 0.1) is 6.54 Å². The standard InChI is InChI=1S/C20H20N4O4S/c1-11-8-14(13(3)24(11)17-9-12(2)28-22-17)15(25)10-23-18(26)20(4,21-19(23)27)16-6-5-7-29-16/h5-9H,10H2,1-4H3,(H,21,27). The average Bonchev–Trinajstić information content (AvgIpc) is 3.42. The van der Waals surface area contributed by atoms with Crippen molar-refractivity contribution in [3.8, 4) is 5.82 Å². The van der Waals surface area contributed by atoms with E-state index in [1.807, 2.05) is 22.9 Å². The predicted octanol–water partition coefficient (Wildman–Crippen LogP) is 3.10. The van der Waals surface area contributed by atoms with Gasteiger partial charge in [-0.3, -0.25) is 19.1 Å². The van der Waals surface area contributed by atoms with E-state index in [0.717, 1.165) is 15.5 Å². The van der Waals surface area contributed by atoms with Crippen molar-refractivity contribution < 1.29 is 18.9 Å². The first-order valence-corrected chi connectivity index (χ1v) is 9.94. The summed E-state index contributed by atoms with van der Waals surface area (Å²) in [4.78, 5) is 40.1. The second-order valence-corrected chi connectivity index (χ2v) is 8.21. The molecular weight excluding hydrogens is 392 g/mol. The minimum Gasteiger partial charge on any atom is -0.360 e. The molecule has 1 atom stereocenters. The number of urea groups is 1. The number of aryl methyl sites for hydroxylation is 2. The van der Waals surface area contributed by atoms with Crippen molar-refractivity contribution in [2.24, 2.45) is 0 Å². The highest BCUT2D eigenvalue weighted by Gasteiger charge is 2.50. The molecule has 4 heterocycles. The zero-order chi connectivity index (χ0) is 20.9. The molecule has 0 bridgehead atoms. The Hall–Kier alpha value is -3.20. The van der Waals surface area contributed by atoms with Gasteiger partial charge in [0.15, 0.2) is 17.1 Å². The van der Waals surface area contributed by atoms with Crippen LogP contribution < -0.4 is 5.32 Å².